The molecule has 0 heterocycles. The van der Waals surface area contributed by atoms with Gasteiger partial charge in [-0.05, 0) is 19.8 Å². The quantitative estimate of drug-likeness (QED) is 0.409. The molecule has 0 fully saturated rings. The lowest BCUT2D eigenvalue weighted by molar-refractivity contribution is 0.109. The lowest BCUT2D eigenvalue weighted by Crippen LogP contribution is -2.20. The molecule has 0 saturated heterocycles. The molecular weight excluding hydrogens is 208 g/mol. The molecule has 0 aromatic carbocycles. The fourth-order valence-electron chi connectivity index (χ4n) is 2.03. The van der Waals surface area contributed by atoms with Crippen LogP contribution in [0.25, 0.3) is 0 Å². The highest BCUT2D eigenvalue weighted by atomic mass is 16.3. The van der Waals surface area contributed by atoms with Crippen LogP contribution in [0.2, 0.25) is 0 Å². The standard InChI is InChI=1S/C16H30O/c1-4-6-7-8-9-10-11-12-13-14-15-16(3,17)5-2/h2,17H,4,6-15H2,1,3H3. The Labute approximate surface area is 108 Å². The monoisotopic (exact) mass is 238 g/mol. The van der Waals surface area contributed by atoms with Gasteiger partial charge in [0.15, 0.2) is 0 Å². The van der Waals surface area contributed by atoms with E-state index in [0.717, 1.165) is 12.8 Å². The van der Waals surface area contributed by atoms with Gasteiger partial charge in [-0.1, -0.05) is 70.6 Å². The van der Waals surface area contributed by atoms with Crippen molar-refractivity contribution in [2.45, 2.75) is 90.1 Å². The lowest BCUT2D eigenvalue weighted by atomic mass is 9.98. The average molecular weight is 238 g/mol. The molecule has 0 saturated carbocycles. The number of unbranched alkanes of at least 4 members (excludes halogenated alkanes) is 9. The minimum Gasteiger partial charge on any atom is -0.378 e. The molecule has 0 aromatic heterocycles. The van der Waals surface area contributed by atoms with Gasteiger partial charge in [0.1, 0.15) is 5.60 Å². The molecule has 0 radical (unpaired) electrons. The van der Waals surface area contributed by atoms with Crippen molar-refractivity contribution in [3.05, 3.63) is 0 Å². The number of aliphatic hydroxyl groups is 1. The minimum absolute atomic E-state index is 0.736. The summed E-state index contributed by atoms with van der Waals surface area (Å²) in [4.78, 5) is 0. The third-order valence-corrected chi connectivity index (χ3v) is 3.33. The Kier molecular flexibility index (Phi) is 10.4. The first-order chi connectivity index (χ1) is 8.12. The smallest absolute Gasteiger partial charge is 0.122 e. The number of hydrogen-bond acceptors (Lipinski definition) is 1. The highest BCUT2D eigenvalue weighted by Gasteiger charge is 2.14. The minimum atomic E-state index is -0.889. The van der Waals surface area contributed by atoms with Crippen LogP contribution >= 0.6 is 0 Å². The van der Waals surface area contributed by atoms with Crippen molar-refractivity contribution in [3.8, 4) is 12.3 Å². The summed E-state index contributed by atoms with van der Waals surface area (Å²) >= 11 is 0. The van der Waals surface area contributed by atoms with E-state index in [-0.39, 0.29) is 0 Å². The fraction of sp³-hybridized carbons (Fsp3) is 0.875. The van der Waals surface area contributed by atoms with Crippen LogP contribution in [0.3, 0.4) is 0 Å². The molecule has 1 N–H and O–H groups in total. The second kappa shape index (κ2) is 10.7. The summed E-state index contributed by atoms with van der Waals surface area (Å²) in [6, 6.07) is 0. The van der Waals surface area contributed by atoms with Gasteiger partial charge in [0.2, 0.25) is 0 Å². The number of rotatable bonds is 11. The molecule has 0 aliphatic carbocycles. The van der Waals surface area contributed by atoms with Crippen LogP contribution in [0.4, 0.5) is 0 Å². The first-order valence-electron chi connectivity index (χ1n) is 7.32. The molecule has 0 aromatic rings. The largest absolute Gasteiger partial charge is 0.378 e. The maximum absolute atomic E-state index is 9.61. The van der Waals surface area contributed by atoms with Gasteiger partial charge in [0.25, 0.3) is 0 Å². The Morgan fingerprint density at radius 3 is 1.71 bits per heavy atom. The van der Waals surface area contributed by atoms with E-state index in [0.29, 0.717) is 0 Å². The van der Waals surface area contributed by atoms with E-state index >= 15 is 0 Å². The topological polar surface area (TPSA) is 20.2 Å². The number of hydrogen-bond donors (Lipinski definition) is 1. The SMILES string of the molecule is C#CC(C)(O)CCCCCCCCCCCC. The van der Waals surface area contributed by atoms with Crippen molar-refractivity contribution < 1.29 is 5.11 Å². The van der Waals surface area contributed by atoms with Crippen LogP contribution in [0.1, 0.15) is 84.5 Å². The van der Waals surface area contributed by atoms with Gasteiger partial charge in [0, 0.05) is 0 Å². The molecular formula is C16H30O. The summed E-state index contributed by atoms with van der Waals surface area (Å²) in [6.07, 6.45) is 19.1. The van der Waals surface area contributed by atoms with Crippen molar-refractivity contribution in [2.75, 3.05) is 0 Å². The molecule has 0 aliphatic heterocycles. The van der Waals surface area contributed by atoms with E-state index in [2.05, 4.69) is 12.8 Å². The van der Waals surface area contributed by atoms with Gasteiger partial charge < -0.3 is 5.11 Å². The lowest BCUT2D eigenvalue weighted by Gasteiger charge is -2.15. The maximum Gasteiger partial charge on any atom is 0.122 e. The zero-order chi connectivity index (χ0) is 13.0. The van der Waals surface area contributed by atoms with Crippen molar-refractivity contribution in [1.29, 1.82) is 0 Å². The van der Waals surface area contributed by atoms with E-state index in [9.17, 15) is 5.11 Å². The van der Waals surface area contributed by atoms with Crippen molar-refractivity contribution >= 4 is 0 Å². The third-order valence-electron chi connectivity index (χ3n) is 3.33. The molecule has 0 spiro atoms. The van der Waals surface area contributed by atoms with Crippen molar-refractivity contribution in [3.63, 3.8) is 0 Å². The highest BCUT2D eigenvalue weighted by molar-refractivity contribution is 5.03. The van der Waals surface area contributed by atoms with E-state index in [1.54, 1.807) is 6.92 Å². The van der Waals surface area contributed by atoms with Crippen LogP contribution in [-0.4, -0.2) is 10.7 Å². The van der Waals surface area contributed by atoms with Gasteiger partial charge in [-0.25, -0.2) is 0 Å². The van der Waals surface area contributed by atoms with E-state index in [1.165, 1.54) is 57.8 Å². The molecule has 0 rings (SSSR count). The van der Waals surface area contributed by atoms with E-state index in [1.807, 2.05) is 0 Å². The molecule has 0 aliphatic rings. The van der Waals surface area contributed by atoms with Crippen LogP contribution in [0.15, 0.2) is 0 Å². The van der Waals surface area contributed by atoms with Crippen LogP contribution in [0, 0.1) is 12.3 Å². The summed E-state index contributed by atoms with van der Waals surface area (Å²) < 4.78 is 0. The van der Waals surface area contributed by atoms with Crippen LogP contribution in [-0.2, 0) is 0 Å². The summed E-state index contributed by atoms with van der Waals surface area (Å²) in [6.45, 7) is 3.98. The fourth-order valence-corrected chi connectivity index (χ4v) is 2.03. The Balaban J connectivity index is 3.12. The maximum atomic E-state index is 9.61. The number of terminal acetylenes is 1. The van der Waals surface area contributed by atoms with Gasteiger partial charge in [-0.15, -0.1) is 6.42 Å². The van der Waals surface area contributed by atoms with Crippen molar-refractivity contribution in [1.82, 2.24) is 0 Å². The van der Waals surface area contributed by atoms with E-state index in [4.69, 9.17) is 6.42 Å². The molecule has 17 heavy (non-hydrogen) atoms. The average Bonchev–Trinajstić information content (AvgIpc) is 2.31. The first-order valence-corrected chi connectivity index (χ1v) is 7.32. The Bertz CT molecular complexity index is 200. The van der Waals surface area contributed by atoms with E-state index < -0.39 is 5.60 Å². The predicted molar refractivity (Wildman–Crippen MR) is 75.9 cm³/mol. The molecule has 1 unspecified atom stereocenters. The second-order valence-electron chi connectivity index (χ2n) is 5.35. The molecule has 1 nitrogen and oxygen atoms in total. The Morgan fingerprint density at radius 1 is 0.882 bits per heavy atom. The predicted octanol–water partition coefficient (Wildman–Crippen LogP) is 4.68. The van der Waals surface area contributed by atoms with Crippen LogP contribution in [0.5, 0.6) is 0 Å². The zero-order valence-electron chi connectivity index (χ0n) is 11.8. The van der Waals surface area contributed by atoms with Gasteiger partial charge in [-0.2, -0.15) is 0 Å². The second-order valence-corrected chi connectivity index (χ2v) is 5.35. The molecule has 0 amide bonds. The molecule has 0 bridgehead atoms. The summed E-state index contributed by atoms with van der Waals surface area (Å²) in [5.41, 5.74) is -0.889. The molecule has 100 valence electrons. The summed E-state index contributed by atoms with van der Waals surface area (Å²) in [7, 11) is 0. The summed E-state index contributed by atoms with van der Waals surface area (Å²) in [5, 5.41) is 9.61. The van der Waals surface area contributed by atoms with Gasteiger partial charge in [-0.3, -0.25) is 0 Å². The normalized spacial score (nSPS) is 14.2. The Hall–Kier alpha value is -0.480. The molecule has 1 heteroatoms. The third kappa shape index (κ3) is 11.8. The van der Waals surface area contributed by atoms with Crippen molar-refractivity contribution in [2.24, 2.45) is 0 Å². The first kappa shape index (κ1) is 16.5. The van der Waals surface area contributed by atoms with Gasteiger partial charge in [0.05, 0.1) is 0 Å². The van der Waals surface area contributed by atoms with Gasteiger partial charge >= 0.3 is 0 Å². The Morgan fingerprint density at radius 2 is 1.29 bits per heavy atom. The van der Waals surface area contributed by atoms with Crippen LogP contribution < -0.4 is 0 Å². The molecule has 1 atom stereocenters. The summed E-state index contributed by atoms with van der Waals surface area (Å²) in [5.74, 6) is 2.43. The highest BCUT2D eigenvalue weighted by Crippen LogP contribution is 2.15. The zero-order valence-corrected chi connectivity index (χ0v) is 11.8.